The van der Waals surface area contributed by atoms with Gasteiger partial charge < -0.3 is 9.94 Å². The molecule has 1 aliphatic heterocycles. The second kappa shape index (κ2) is 4.27. The number of ether oxygens (including phenoxy) is 1. The van der Waals surface area contributed by atoms with Crippen LogP contribution >= 0.6 is 15.9 Å². The number of halogens is 1. The van der Waals surface area contributed by atoms with E-state index in [1.807, 2.05) is 30.3 Å². The minimum atomic E-state index is -0.0773. The topological polar surface area (TPSA) is 36.2 Å². The summed E-state index contributed by atoms with van der Waals surface area (Å²) >= 11 is 3.48. The summed E-state index contributed by atoms with van der Waals surface area (Å²) in [6, 6.07) is 9.58. The van der Waals surface area contributed by atoms with Gasteiger partial charge in [0.25, 0.3) is 0 Å². The molecule has 1 saturated heterocycles. The van der Waals surface area contributed by atoms with Crippen LogP contribution in [0.15, 0.2) is 34.8 Å². The normalized spacial score (nSPS) is 19.9. The average Bonchev–Trinajstić information content (AvgIpc) is 2.83. The fourth-order valence-corrected chi connectivity index (χ4v) is 2.97. The van der Waals surface area contributed by atoms with E-state index in [9.17, 15) is 5.21 Å². The maximum Gasteiger partial charge on any atom is 0.236 e. The summed E-state index contributed by atoms with van der Waals surface area (Å²) in [7, 11) is 0. The van der Waals surface area contributed by atoms with Crippen LogP contribution in [-0.4, -0.2) is 6.61 Å². The molecule has 1 fully saturated rings. The van der Waals surface area contributed by atoms with Gasteiger partial charge in [-0.25, -0.2) is 0 Å². The fraction of sp³-hybridized carbons (Fsp3) is 0.308. The first kappa shape index (κ1) is 11.0. The minimum absolute atomic E-state index is 0.0773. The number of benzene rings is 1. The largest absolute Gasteiger partial charge is 0.618 e. The Morgan fingerprint density at radius 1 is 1.35 bits per heavy atom. The fourth-order valence-electron chi connectivity index (χ4n) is 2.31. The van der Waals surface area contributed by atoms with Crippen molar-refractivity contribution < 1.29 is 9.47 Å². The first-order chi connectivity index (χ1) is 8.27. The van der Waals surface area contributed by atoms with E-state index in [1.54, 1.807) is 0 Å². The van der Waals surface area contributed by atoms with Gasteiger partial charge in [0.1, 0.15) is 6.10 Å². The highest BCUT2D eigenvalue weighted by atomic mass is 79.9. The maximum absolute atomic E-state index is 12.3. The van der Waals surface area contributed by atoms with Gasteiger partial charge in [0, 0.05) is 18.1 Å². The van der Waals surface area contributed by atoms with Gasteiger partial charge in [0.05, 0.1) is 4.47 Å². The predicted molar refractivity (Wildman–Crippen MR) is 68.5 cm³/mol. The molecule has 0 bridgehead atoms. The average molecular weight is 294 g/mol. The molecule has 1 aromatic carbocycles. The van der Waals surface area contributed by atoms with Crippen LogP contribution in [-0.2, 0) is 4.74 Å². The van der Waals surface area contributed by atoms with Crippen molar-refractivity contribution in [2.24, 2.45) is 0 Å². The summed E-state index contributed by atoms with van der Waals surface area (Å²) < 4.78 is 7.43. The summed E-state index contributed by atoms with van der Waals surface area (Å²) in [5.74, 6) is 0. The molecule has 1 aromatic heterocycles. The molecule has 1 atom stereocenters. The van der Waals surface area contributed by atoms with Gasteiger partial charge in [-0.1, -0.05) is 12.1 Å². The molecule has 17 heavy (non-hydrogen) atoms. The number of aromatic nitrogens is 1. The molecule has 0 saturated carbocycles. The zero-order valence-corrected chi connectivity index (χ0v) is 10.8. The van der Waals surface area contributed by atoms with Crippen molar-refractivity contribution in [1.29, 1.82) is 0 Å². The van der Waals surface area contributed by atoms with Gasteiger partial charge in [0.15, 0.2) is 0 Å². The summed E-state index contributed by atoms with van der Waals surface area (Å²) in [4.78, 5) is 0. The lowest BCUT2D eigenvalue weighted by molar-refractivity contribution is -0.591. The van der Waals surface area contributed by atoms with Crippen LogP contribution in [0.25, 0.3) is 10.9 Å². The molecule has 3 nitrogen and oxygen atoms in total. The third kappa shape index (κ3) is 1.81. The molecule has 1 aliphatic rings. The first-order valence-corrected chi connectivity index (χ1v) is 6.49. The Morgan fingerprint density at radius 2 is 2.18 bits per heavy atom. The monoisotopic (exact) mass is 293 g/mol. The number of nitrogens with zero attached hydrogens (tertiary/aromatic N) is 1. The Balaban J connectivity index is 2.23. The molecule has 0 amide bonds. The van der Waals surface area contributed by atoms with Gasteiger partial charge in [-0.15, -0.1) is 0 Å². The van der Waals surface area contributed by atoms with Crippen molar-refractivity contribution in [2.75, 3.05) is 6.61 Å². The van der Waals surface area contributed by atoms with Gasteiger partial charge in [-0.2, -0.15) is 4.73 Å². The lowest BCUT2D eigenvalue weighted by Gasteiger charge is -2.13. The zero-order valence-electron chi connectivity index (χ0n) is 9.23. The van der Waals surface area contributed by atoms with Crippen molar-refractivity contribution >= 4 is 26.8 Å². The summed E-state index contributed by atoms with van der Waals surface area (Å²) in [5.41, 5.74) is 1.39. The van der Waals surface area contributed by atoms with Crippen LogP contribution in [0.2, 0.25) is 0 Å². The number of fused-ring (bicyclic) bond motifs is 1. The Labute approximate surface area is 108 Å². The van der Waals surface area contributed by atoms with Crippen LogP contribution in [0.1, 0.15) is 24.6 Å². The second-order valence-electron chi connectivity index (χ2n) is 4.23. The molecule has 0 radical (unpaired) electrons. The van der Waals surface area contributed by atoms with E-state index in [1.165, 1.54) is 0 Å². The van der Waals surface area contributed by atoms with E-state index in [-0.39, 0.29) is 6.10 Å². The van der Waals surface area contributed by atoms with Crippen LogP contribution in [0.4, 0.5) is 0 Å². The molecule has 2 aromatic rings. The smallest absolute Gasteiger partial charge is 0.236 e. The quantitative estimate of drug-likeness (QED) is 0.598. The highest BCUT2D eigenvalue weighted by Gasteiger charge is 2.29. The Hall–Kier alpha value is -1.13. The summed E-state index contributed by atoms with van der Waals surface area (Å²) in [6.45, 7) is 0.740. The molecule has 1 unspecified atom stereocenters. The molecular weight excluding hydrogens is 282 g/mol. The number of para-hydroxylation sites is 1. The van der Waals surface area contributed by atoms with Crippen molar-refractivity contribution in [3.8, 4) is 0 Å². The van der Waals surface area contributed by atoms with Gasteiger partial charge in [-0.05, 0) is 40.9 Å². The van der Waals surface area contributed by atoms with Crippen molar-refractivity contribution in [1.82, 2.24) is 0 Å². The Morgan fingerprint density at radius 3 is 2.94 bits per heavy atom. The van der Waals surface area contributed by atoms with E-state index < -0.39 is 0 Å². The molecule has 3 rings (SSSR count). The first-order valence-electron chi connectivity index (χ1n) is 5.69. The van der Waals surface area contributed by atoms with E-state index >= 15 is 0 Å². The van der Waals surface area contributed by atoms with Crippen LogP contribution in [0.5, 0.6) is 0 Å². The van der Waals surface area contributed by atoms with Crippen LogP contribution < -0.4 is 4.73 Å². The van der Waals surface area contributed by atoms with E-state index in [0.29, 0.717) is 11.2 Å². The number of hydrogen-bond donors (Lipinski definition) is 0. The Kier molecular flexibility index (Phi) is 2.76. The van der Waals surface area contributed by atoms with Gasteiger partial charge >= 0.3 is 0 Å². The molecule has 2 heterocycles. The predicted octanol–water partition coefficient (Wildman–Crippen LogP) is 3.09. The number of hydrogen-bond acceptors (Lipinski definition) is 2. The Bertz CT molecular complexity index is 565. The van der Waals surface area contributed by atoms with E-state index in [4.69, 9.17) is 4.74 Å². The number of rotatable bonds is 1. The standard InChI is InChI=1S/C13H12BrNO2/c14-10-8-9-4-1-2-5-11(9)15(16)13(10)12-6-3-7-17-12/h1-2,4-5,8,12H,3,6-7H2. The molecule has 0 spiro atoms. The van der Waals surface area contributed by atoms with E-state index in [0.717, 1.165) is 34.0 Å². The van der Waals surface area contributed by atoms with Crippen LogP contribution in [0, 0.1) is 5.21 Å². The molecule has 0 N–H and O–H groups in total. The minimum Gasteiger partial charge on any atom is -0.618 e. The van der Waals surface area contributed by atoms with Crippen molar-refractivity contribution in [3.63, 3.8) is 0 Å². The maximum atomic E-state index is 12.3. The second-order valence-corrected chi connectivity index (χ2v) is 5.09. The van der Waals surface area contributed by atoms with Gasteiger partial charge in [-0.3, -0.25) is 0 Å². The molecule has 4 heteroatoms. The lowest BCUT2D eigenvalue weighted by atomic mass is 10.1. The van der Waals surface area contributed by atoms with E-state index in [2.05, 4.69) is 15.9 Å². The highest BCUT2D eigenvalue weighted by molar-refractivity contribution is 9.10. The third-order valence-corrected chi connectivity index (χ3v) is 3.77. The van der Waals surface area contributed by atoms with Crippen molar-refractivity contribution in [2.45, 2.75) is 18.9 Å². The molecule has 88 valence electrons. The molecule has 0 aliphatic carbocycles. The van der Waals surface area contributed by atoms with Crippen molar-refractivity contribution in [3.05, 3.63) is 45.7 Å². The number of pyridine rings is 1. The molecular formula is C13H12BrNO2. The van der Waals surface area contributed by atoms with Gasteiger partial charge in [0.2, 0.25) is 11.2 Å². The SMILES string of the molecule is [O-][n+]1c(C2CCCO2)c(Br)cc2ccccc21. The highest BCUT2D eigenvalue weighted by Crippen LogP contribution is 2.32. The summed E-state index contributed by atoms with van der Waals surface area (Å²) in [6.07, 6.45) is 1.86. The zero-order chi connectivity index (χ0) is 11.8. The summed E-state index contributed by atoms with van der Waals surface area (Å²) in [5, 5.41) is 13.3. The third-order valence-electron chi connectivity index (χ3n) is 3.14. The van der Waals surface area contributed by atoms with Crippen LogP contribution in [0.3, 0.4) is 0 Å². The lowest BCUT2D eigenvalue weighted by Crippen LogP contribution is -2.35.